The number of amides is 1. The van der Waals surface area contributed by atoms with Gasteiger partial charge in [0.05, 0.1) is 5.75 Å². The van der Waals surface area contributed by atoms with Gasteiger partial charge < -0.3 is 10.2 Å². The Labute approximate surface area is 144 Å². The van der Waals surface area contributed by atoms with Gasteiger partial charge in [-0.1, -0.05) is 17.7 Å². The largest absolute Gasteiger partial charge is 0.335 e. The van der Waals surface area contributed by atoms with Gasteiger partial charge >= 0.3 is 0 Å². The molecule has 1 amide bonds. The second-order valence-corrected chi connectivity index (χ2v) is 8.52. The number of rotatable bonds is 6. The fraction of sp³-hybridized carbons (Fsp3) is 0.588. The van der Waals surface area contributed by atoms with Crippen molar-refractivity contribution in [2.24, 2.45) is 0 Å². The first-order chi connectivity index (χ1) is 11.3. The zero-order chi connectivity index (χ0) is 17.7. The minimum Gasteiger partial charge on any atom is -0.335 e. The molecule has 24 heavy (non-hydrogen) atoms. The molecule has 1 fully saturated rings. The third-order valence-corrected chi connectivity index (χ3v) is 6.06. The molecule has 1 aliphatic heterocycles. The quantitative estimate of drug-likeness (QED) is 0.831. The first-order valence-electron chi connectivity index (χ1n) is 8.37. The van der Waals surface area contributed by atoms with Crippen LogP contribution in [0.2, 0.25) is 0 Å². The molecule has 1 N–H and O–H groups in total. The third kappa shape index (κ3) is 4.78. The van der Waals surface area contributed by atoms with E-state index in [-0.39, 0.29) is 24.2 Å². The van der Waals surface area contributed by atoms with Gasteiger partial charge in [-0.2, -0.15) is 4.31 Å². The molecule has 0 unspecified atom stereocenters. The number of piperazine rings is 1. The van der Waals surface area contributed by atoms with Crippen LogP contribution < -0.4 is 5.32 Å². The Bertz CT molecular complexity index is 667. The molecule has 6 nitrogen and oxygen atoms in total. The molecule has 1 saturated heterocycles. The molecule has 0 aromatic heterocycles. The van der Waals surface area contributed by atoms with Gasteiger partial charge in [0, 0.05) is 44.3 Å². The Morgan fingerprint density at radius 2 is 1.96 bits per heavy atom. The van der Waals surface area contributed by atoms with E-state index in [1.807, 2.05) is 39.0 Å². The highest BCUT2D eigenvalue weighted by atomic mass is 32.2. The standard InChI is InChI=1S/C17H27N3O3S/c1-14(2)20(17(21)16-6-4-5-15(3)13-16)11-12-24(22,23)19-9-7-18-8-10-19/h4-6,13-14,18H,7-12H2,1-3H3. The molecular formula is C17H27N3O3S. The summed E-state index contributed by atoms with van der Waals surface area (Å²) >= 11 is 0. The van der Waals surface area contributed by atoms with Crippen molar-refractivity contribution in [2.75, 3.05) is 38.5 Å². The lowest BCUT2D eigenvalue weighted by atomic mass is 10.1. The van der Waals surface area contributed by atoms with Crippen molar-refractivity contribution in [2.45, 2.75) is 26.8 Å². The SMILES string of the molecule is Cc1cccc(C(=O)N(CCS(=O)(=O)N2CCNCC2)C(C)C)c1. The minimum atomic E-state index is -3.34. The lowest BCUT2D eigenvalue weighted by molar-refractivity contribution is 0.0718. The molecule has 0 radical (unpaired) electrons. The summed E-state index contributed by atoms with van der Waals surface area (Å²) in [6.45, 7) is 8.30. The van der Waals surface area contributed by atoms with E-state index in [4.69, 9.17) is 0 Å². The predicted octanol–water partition coefficient (Wildman–Crippen LogP) is 1.08. The van der Waals surface area contributed by atoms with Gasteiger partial charge in [-0.3, -0.25) is 4.79 Å². The minimum absolute atomic E-state index is 0.0390. The van der Waals surface area contributed by atoms with Gasteiger partial charge in [-0.15, -0.1) is 0 Å². The average Bonchev–Trinajstić information content (AvgIpc) is 2.55. The molecule has 0 atom stereocenters. The number of aryl methyl sites for hydroxylation is 1. The molecule has 0 bridgehead atoms. The van der Waals surface area contributed by atoms with Gasteiger partial charge in [0.15, 0.2) is 0 Å². The van der Waals surface area contributed by atoms with Crippen molar-refractivity contribution < 1.29 is 13.2 Å². The number of hydrogen-bond donors (Lipinski definition) is 1. The topological polar surface area (TPSA) is 69.7 Å². The van der Waals surface area contributed by atoms with Crippen molar-refractivity contribution in [3.63, 3.8) is 0 Å². The first-order valence-corrected chi connectivity index (χ1v) is 9.98. The highest BCUT2D eigenvalue weighted by Crippen LogP contribution is 2.12. The first kappa shape index (κ1) is 18.9. The fourth-order valence-electron chi connectivity index (χ4n) is 2.80. The molecule has 1 heterocycles. The summed E-state index contributed by atoms with van der Waals surface area (Å²) in [6, 6.07) is 7.33. The molecule has 2 rings (SSSR count). The number of nitrogens with zero attached hydrogens (tertiary/aromatic N) is 2. The van der Waals surface area contributed by atoms with Gasteiger partial charge in [0.2, 0.25) is 10.0 Å². The van der Waals surface area contributed by atoms with E-state index >= 15 is 0 Å². The fourth-order valence-corrected chi connectivity index (χ4v) is 4.23. The molecule has 134 valence electrons. The number of sulfonamides is 1. The Morgan fingerprint density at radius 3 is 2.54 bits per heavy atom. The molecule has 0 aliphatic carbocycles. The number of carbonyl (C=O) groups excluding carboxylic acids is 1. The normalized spacial score (nSPS) is 16.3. The lowest BCUT2D eigenvalue weighted by Crippen LogP contribution is -2.49. The molecule has 0 spiro atoms. The predicted molar refractivity (Wildman–Crippen MR) is 95.6 cm³/mol. The summed E-state index contributed by atoms with van der Waals surface area (Å²) in [5.41, 5.74) is 1.61. The van der Waals surface area contributed by atoms with Crippen molar-refractivity contribution in [3.05, 3.63) is 35.4 Å². The third-order valence-electron chi connectivity index (χ3n) is 4.21. The van der Waals surface area contributed by atoms with Crippen LogP contribution in [-0.2, 0) is 10.0 Å². The zero-order valence-corrected chi connectivity index (χ0v) is 15.5. The van der Waals surface area contributed by atoms with E-state index in [0.29, 0.717) is 31.7 Å². The van der Waals surface area contributed by atoms with Crippen LogP contribution in [0.15, 0.2) is 24.3 Å². The van der Waals surface area contributed by atoms with Crippen LogP contribution in [0.25, 0.3) is 0 Å². The Balaban J connectivity index is 2.07. The van der Waals surface area contributed by atoms with Crippen molar-refractivity contribution in [1.29, 1.82) is 0 Å². The van der Waals surface area contributed by atoms with E-state index in [9.17, 15) is 13.2 Å². The van der Waals surface area contributed by atoms with Gasteiger partial charge in [-0.25, -0.2) is 8.42 Å². The van der Waals surface area contributed by atoms with E-state index in [1.54, 1.807) is 11.0 Å². The lowest BCUT2D eigenvalue weighted by Gasteiger charge is -2.30. The monoisotopic (exact) mass is 353 g/mol. The van der Waals surface area contributed by atoms with Crippen molar-refractivity contribution >= 4 is 15.9 Å². The molecule has 1 aromatic rings. The average molecular weight is 353 g/mol. The Hall–Kier alpha value is -1.44. The maximum absolute atomic E-state index is 12.7. The summed E-state index contributed by atoms with van der Waals surface area (Å²) in [7, 11) is -3.34. The summed E-state index contributed by atoms with van der Waals surface area (Å²) in [5, 5.41) is 3.14. The van der Waals surface area contributed by atoms with Crippen LogP contribution in [0, 0.1) is 6.92 Å². The molecule has 7 heteroatoms. The van der Waals surface area contributed by atoms with Crippen LogP contribution in [-0.4, -0.2) is 68.0 Å². The molecule has 1 aliphatic rings. The Morgan fingerprint density at radius 1 is 1.29 bits per heavy atom. The number of hydrogen-bond acceptors (Lipinski definition) is 4. The van der Waals surface area contributed by atoms with Gasteiger partial charge in [0.25, 0.3) is 5.91 Å². The summed E-state index contributed by atoms with van der Waals surface area (Å²) in [5.74, 6) is -0.160. The van der Waals surface area contributed by atoms with E-state index in [0.717, 1.165) is 5.56 Å². The maximum Gasteiger partial charge on any atom is 0.254 e. The van der Waals surface area contributed by atoms with Crippen LogP contribution in [0.5, 0.6) is 0 Å². The summed E-state index contributed by atoms with van der Waals surface area (Å²) in [4.78, 5) is 14.4. The smallest absolute Gasteiger partial charge is 0.254 e. The number of benzene rings is 1. The molecular weight excluding hydrogens is 326 g/mol. The van der Waals surface area contributed by atoms with E-state index < -0.39 is 10.0 Å². The van der Waals surface area contributed by atoms with Crippen LogP contribution >= 0.6 is 0 Å². The van der Waals surface area contributed by atoms with Crippen molar-refractivity contribution in [3.8, 4) is 0 Å². The summed E-state index contributed by atoms with van der Waals surface area (Å²) in [6.07, 6.45) is 0. The van der Waals surface area contributed by atoms with E-state index in [2.05, 4.69) is 5.32 Å². The second-order valence-electron chi connectivity index (χ2n) is 6.43. The van der Waals surface area contributed by atoms with Gasteiger partial charge in [0.1, 0.15) is 0 Å². The second kappa shape index (κ2) is 8.09. The molecule has 1 aromatic carbocycles. The summed E-state index contributed by atoms with van der Waals surface area (Å²) < 4.78 is 26.5. The van der Waals surface area contributed by atoms with E-state index in [1.165, 1.54) is 4.31 Å². The van der Waals surface area contributed by atoms with Gasteiger partial charge in [-0.05, 0) is 32.9 Å². The van der Waals surface area contributed by atoms with Crippen molar-refractivity contribution in [1.82, 2.24) is 14.5 Å². The number of carbonyl (C=O) groups is 1. The van der Waals surface area contributed by atoms with Crippen LogP contribution in [0.4, 0.5) is 0 Å². The Kier molecular flexibility index (Phi) is 6.37. The van der Waals surface area contributed by atoms with Crippen LogP contribution in [0.3, 0.4) is 0 Å². The number of nitrogens with one attached hydrogen (secondary N) is 1. The highest BCUT2D eigenvalue weighted by molar-refractivity contribution is 7.89. The zero-order valence-electron chi connectivity index (χ0n) is 14.7. The molecule has 0 saturated carbocycles. The highest BCUT2D eigenvalue weighted by Gasteiger charge is 2.26. The maximum atomic E-state index is 12.7. The van der Waals surface area contributed by atoms with Crippen LogP contribution in [0.1, 0.15) is 29.8 Å².